The Labute approximate surface area is 205 Å². The van der Waals surface area contributed by atoms with Gasteiger partial charge >= 0.3 is 0 Å². The van der Waals surface area contributed by atoms with Crippen LogP contribution in [-0.2, 0) is 12.6 Å². The fourth-order valence-electron chi connectivity index (χ4n) is 4.13. The molecule has 9 heteroatoms. The van der Waals surface area contributed by atoms with Gasteiger partial charge in [0, 0.05) is 28.0 Å². The third kappa shape index (κ3) is 3.78. The lowest BCUT2D eigenvalue weighted by Crippen LogP contribution is -2.31. The average molecular weight is 491 g/mol. The number of aromatic nitrogens is 4. The van der Waals surface area contributed by atoms with E-state index in [0.29, 0.717) is 38.1 Å². The molecule has 170 valence electrons. The Bertz CT molecular complexity index is 1500. The number of hydrazine groups is 1. The fraction of sp³-hybridized carbons (Fsp3) is 0.0800. The van der Waals surface area contributed by atoms with Crippen molar-refractivity contribution in [3.8, 4) is 11.3 Å². The van der Waals surface area contributed by atoms with Crippen molar-refractivity contribution in [1.82, 2.24) is 19.5 Å². The SMILES string of the molecule is Cn1cncc1C(O)(c1ccc(Cl)cc1)c1ccc2nc(NN)nc(-c3cccc(Cl)c3)c2c1. The second kappa shape index (κ2) is 8.70. The summed E-state index contributed by atoms with van der Waals surface area (Å²) >= 11 is 12.4. The maximum atomic E-state index is 12.3. The first-order valence-electron chi connectivity index (χ1n) is 10.4. The molecule has 0 saturated carbocycles. The van der Waals surface area contributed by atoms with Gasteiger partial charge in [-0.2, -0.15) is 0 Å². The van der Waals surface area contributed by atoms with Gasteiger partial charge in [0.2, 0.25) is 5.95 Å². The highest BCUT2D eigenvalue weighted by Crippen LogP contribution is 2.39. The number of imidazole rings is 1. The summed E-state index contributed by atoms with van der Waals surface area (Å²) in [6.45, 7) is 0. The number of rotatable bonds is 5. The van der Waals surface area contributed by atoms with Gasteiger partial charge in [-0.25, -0.2) is 20.8 Å². The zero-order valence-corrected chi connectivity index (χ0v) is 19.6. The highest BCUT2D eigenvalue weighted by molar-refractivity contribution is 6.31. The number of benzene rings is 3. The smallest absolute Gasteiger partial charge is 0.238 e. The Morgan fingerprint density at radius 1 is 0.941 bits per heavy atom. The fourth-order valence-corrected chi connectivity index (χ4v) is 4.45. The summed E-state index contributed by atoms with van der Waals surface area (Å²) < 4.78 is 1.79. The summed E-state index contributed by atoms with van der Waals surface area (Å²) in [4.78, 5) is 13.3. The first kappa shape index (κ1) is 22.3. The largest absolute Gasteiger partial charge is 0.374 e. The minimum atomic E-state index is -1.51. The van der Waals surface area contributed by atoms with E-state index in [0.717, 1.165) is 10.9 Å². The summed E-state index contributed by atoms with van der Waals surface area (Å²) in [5, 5.41) is 14.1. The average Bonchev–Trinajstić information content (AvgIpc) is 3.29. The molecule has 5 aromatic rings. The molecule has 0 aliphatic heterocycles. The Kier molecular flexibility index (Phi) is 5.71. The van der Waals surface area contributed by atoms with E-state index in [1.165, 1.54) is 0 Å². The zero-order valence-electron chi connectivity index (χ0n) is 18.1. The van der Waals surface area contributed by atoms with Gasteiger partial charge in [0.1, 0.15) is 0 Å². The van der Waals surface area contributed by atoms with E-state index in [-0.39, 0.29) is 5.95 Å². The van der Waals surface area contributed by atoms with Gasteiger partial charge in [-0.1, -0.05) is 53.5 Å². The topological polar surface area (TPSA) is 102 Å². The second-order valence-corrected chi connectivity index (χ2v) is 8.76. The monoisotopic (exact) mass is 490 g/mol. The van der Waals surface area contributed by atoms with Gasteiger partial charge in [-0.05, 0) is 47.5 Å². The molecule has 0 saturated heterocycles. The third-order valence-corrected chi connectivity index (χ3v) is 6.28. The van der Waals surface area contributed by atoms with Crippen molar-refractivity contribution in [3.63, 3.8) is 0 Å². The molecule has 3 aromatic carbocycles. The molecule has 34 heavy (non-hydrogen) atoms. The van der Waals surface area contributed by atoms with Gasteiger partial charge in [0.05, 0.1) is 29.4 Å². The Hall–Kier alpha value is -3.49. The number of aryl methyl sites for hydroxylation is 1. The van der Waals surface area contributed by atoms with Gasteiger partial charge in [-0.15, -0.1) is 0 Å². The van der Waals surface area contributed by atoms with E-state index < -0.39 is 5.60 Å². The Morgan fingerprint density at radius 2 is 1.71 bits per heavy atom. The number of nitrogens with one attached hydrogen (secondary N) is 1. The van der Waals surface area contributed by atoms with Crippen molar-refractivity contribution in [2.24, 2.45) is 12.9 Å². The van der Waals surface area contributed by atoms with Crippen LogP contribution < -0.4 is 11.3 Å². The summed E-state index contributed by atoms with van der Waals surface area (Å²) in [5.74, 6) is 5.90. The maximum absolute atomic E-state index is 12.3. The lowest BCUT2D eigenvalue weighted by atomic mass is 9.83. The number of hydrogen-bond donors (Lipinski definition) is 3. The molecular formula is C25H20Cl2N6O. The van der Waals surface area contributed by atoms with Gasteiger partial charge < -0.3 is 9.67 Å². The number of fused-ring (bicyclic) bond motifs is 1. The molecule has 0 bridgehead atoms. The lowest BCUT2D eigenvalue weighted by molar-refractivity contribution is 0.117. The van der Waals surface area contributed by atoms with E-state index in [1.807, 2.05) is 43.4 Å². The minimum Gasteiger partial charge on any atom is -0.374 e. The highest BCUT2D eigenvalue weighted by atomic mass is 35.5. The van der Waals surface area contributed by atoms with Crippen LogP contribution in [0.2, 0.25) is 10.0 Å². The standard InChI is InChI=1S/C25H20Cl2N6O/c1-33-14-29-13-22(33)25(34,16-5-8-18(26)9-6-16)17-7-10-21-20(12-17)23(31-24(30-21)32-28)15-3-2-4-19(27)11-15/h2-14,34H,28H2,1H3,(H,30,31,32). The number of anilines is 1. The maximum Gasteiger partial charge on any atom is 0.238 e. The van der Waals surface area contributed by atoms with E-state index in [4.69, 9.17) is 29.0 Å². The highest BCUT2D eigenvalue weighted by Gasteiger charge is 2.37. The van der Waals surface area contributed by atoms with Crippen LogP contribution in [0.4, 0.5) is 5.95 Å². The van der Waals surface area contributed by atoms with Crippen LogP contribution in [0.1, 0.15) is 16.8 Å². The summed E-state index contributed by atoms with van der Waals surface area (Å²) in [6, 6.07) is 20.0. The van der Waals surface area contributed by atoms with Crippen molar-refractivity contribution in [1.29, 1.82) is 0 Å². The summed E-state index contributed by atoms with van der Waals surface area (Å²) in [6.07, 6.45) is 3.30. The van der Waals surface area contributed by atoms with E-state index in [2.05, 4.69) is 20.4 Å². The molecule has 0 amide bonds. The van der Waals surface area contributed by atoms with Crippen molar-refractivity contribution >= 4 is 40.1 Å². The molecule has 4 N–H and O–H groups in total. The first-order valence-corrected chi connectivity index (χ1v) is 11.2. The van der Waals surface area contributed by atoms with Gasteiger partial charge in [0.25, 0.3) is 0 Å². The molecule has 0 fully saturated rings. The molecule has 2 heterocycles. The molecule has 0 radical (unpaired) electrons. The molecule has 7 nitrogen and oxygen atoms in total. The number of nitrogens with two attached hydrogens (primary N) is 1. The first-order chi connectivity index (χ1) is 16.4. The van der Waals surface area contributed by atoms with Crippen molar-refractivity contribution in [2.45, 2.75) is 5.60 Å². The Balaban J connectivity index is 1.80. The molecule has 1 atom stereocenters. The van der Waals surface area contributed by atoms with Crippen LogP contribution in [0.25, 0.3) is 22.2 Å². The molecule has 0 aliphatic rings. The van der Waals surface area contributed by atoms with Crippen LogP contribution in [0, 0.1) is 0 Å². The van der Waals surface area contributed by atoms with Crippen molar-refractivity contribution in [2.75, 3.05) is 5.43 Å². The number of nitrogens with zero attached hydrogens (tertiary/aromatic N) is 4. The van der Waals surface area contributed by atoms with Crippen LogP contribution >= 0.6 is 23.2 Å². The normalized spacial score (nSPS) is 13.1. The quantitative estimate of drug-likeness (QED) is 0.239. The number of nitrogen functional groups attached to an aromatic ring is 1. The predicted molar refractivity (Wildman–Crippen MR) is 135 cm³/mol. The lowest BCUT2D eigenvalue weighted by Gasteiger charge is -2.30. The van der Waals surface area contributed by atoms with Gasteiger partial charge in [-0.3, -0.25) is 5.43 Å². The van der Waals surface area contributed by atoms with Crippen LogP contribution in [-0.4, -0.2) is 24.6 Å². The van der Waals surface area contributed by atoms with Crippen molar-refractivity contribution in [3.05, 3.63) is 106 Å². The van der Waals surface area contributed by atoms with Crippen LogP contribution in [0.15, 0.2) is 79.3 Å². The third-order valence-electron chi connectivity index (χ3n) is 5.79. The molecule has 5 rings (SSSR count). The zero-order chi connectivity index (χ0) is 23.9. The van der Waals surface area contributed by atoms with E-state index >= 15 is 0 Å². The van der Waals surface area contributed by atoms with E-state index in [1.54, 1.807) is 47.4 Å². The van der Waals surface area contributed by atoms with Gasteiger partial charge in [0.15, 0.2) is 5.60 Å². The molecule has 2 aromatic heterocycles. The Morgan fingerprint density at radius 3 is 2.38 bits per heavy atom. The number of aliphatic hydroxyl groups is 1. The minimum absolute atomic E-state index is 0.273. The summed E-state index contributed by atoms with van der Waals surface area (Å²) in [5.41, 5.74) is 4.95. The molecule has 1 unspecified atom stereocenters. The molecule has 0 spiro atoms. The number of halogens is 2. The van der Waals surface area contributed by atoms with Crippen LogP contribution in [0.5, 0.6) is 0 Å². The van der Waals surface area contributed by atoms with E-state index in [9.17, 15) is 5.11 Å². The second-order valence-electron chi connectivity index (χ2n) is 7.89. The molecule has 0 aliphatic carbocycles. The summed E-state index contributed by atoms with van der Waals surface area (Å²) in [7, 11) is 1.84. The number of hydrogen-bond acceptors (Lipinski definition) is 6. The van der Waals surface area contributed by atoms with Crippen LogP contribution in [0.3, 0.4) is 0 Å². The predicted octanol–water partition coefficient (Wildman–Crippen LogP) is 4.91. The van der Waals surface area contributed by atoms with Crippen molar-refractivity contribution < 1.29 is 5.11 Å². The molecular weight excluding hydrogens is 471 g/mol.